The van der Waals surface area contributed by atoms with Gasteiger partial charge in [-0.1, -0.05) is 41.9 Å². The zero-order valence-electron chi connectivity index (χ0n) is 13.5. The van der Waals surface area contributed by atoms with Gasteiger partial charge >= 0.3 is 5.97 Å². The molecule has 0 aliphatic heterocycles. The Labute approximate surface area is 153 Å². The molecule has 1 aromatic heterocycles. The predicted molar refractivity (Wildman–Crippen MR) is 97.4 cm³/mol. The van der Waals surface area contributed by atoms with Crippen molar-refractivity contribution in [2.24, 2.45) is 0 Å². The number of carbonyl (C=O) groups is 3. The van der Waals surface area contributed by atoms with Crippen LogP contribution in [0.5, 0.6) is 0 Å². The van der Waals surface area contributed by atoms with E-state index in [2.05, 4.69) is 10.3 Å². The highest BCUT2D eigenvalue weighted by Gasteiger charge is 2.26. The van der Waals surface area contributed by atoms with Crippen LogP contribution in [0.2, 0.25) is 5.02 Å². The van der Waals surface area contributed by atoms with E-state index in [9.17, 15) is 19.5 Å². The number of aromatic nitrogens is 1. The number of carbonyl (C=O) groups excluding carboxylic acids is 2. The highest BCUT2D eigenvalue weighted by atomic mass is 35.5. The van der Waals surface area contributed by atoms with Gasteiger partial charge in [-0.05, 0) is 23.8 Å². The summed E-state index contributed by atoms with van der Waals surface area (Å²) in [6.45, 7) is 0. The highest BCUT2D eigenvalue weighted by Crippen LogP contribution is 2.22. The molecule has 0 aliphatic carbocycles. The summed E-state index contributed by atoms with van der Waals surface area (Å²) in [6, 6.07) is 12.6. The van der Waals surface area contributed by atoms with Crippen LogP contribution in [0.1, 0.15) is 15.9 Å². The first-order chi connectivity index (χ1) is 12.5. The fourth-order valence-electron chi connectivity index (χ4n) is 2.68. The van der Waals surface area contributed by atoms with E-state index >= 15 is 0 Å². The third kappa shape index (κ3) is 3.75. The van der Waals surface area contributed by atoms with Crippen molar-refractivity contribution in [3.63, 3.8) is 0 Å². The molecule has 0 unspecified atom stereocenters. The van der Waals surface area contributed by atoms with E-state index in [4.69, 9.17) is 11.6 Å². The molecule has 0 spiro atoms. The van der Waals surface area contributed by atoms with Crippen LogP contribution in [0.4, 0.5) is 0 Å². The van der Waals surface area contributed by atoms with Crippen LogP contribution in [0, 0.1) is 0 Å². The number of hydrogen-bond donors (Lipinski definition) is 3. The topological polar surface area (TPSA) is 99.3 Å². The minimum Gasteiger partial charge on any atom is -0.480 e. The van der Waals surface area contributed by atoms with Gasteiger partial charge in [0.2, 0.25) is 0 Å². The summed E-state index contributed by atoms with van der Waals surface area (Å²) >= 11 is 5.94. The first kappa shape index (κ1) is 17.7. The van der Waals surface area contributed by atoms with Crippen LogP contribution in [-0.2, 0) is 16.0 Å². The van der Waals surface area contributed by atoms with Crippen LogP contribution in [0.15, 0.2) is 54.7 Å². The highest BCUT2D eigenvalue weighted by molar-refractivity contribution is 6.45. The summed E-state index contributed by atoms with van der Waals surface area (Å²) in [6.07, 6.45) is 1.49. The van der Waals surface area contributed by atoms with Crippen molar-refractivity contribution >= 4 is 40.2 Å². The number of carboxylic acid groups (broad SMARTS) is 1. The number of fused-ring (bicyclic) bond motifs is 1. The molecule has 1 atom stereocenters. The van der Waals surface area contributed by atoms with Gasteiger partial charge in [-0.3, -0.25) is 9.59 Å². The van der Waals surface area contributed by atoms with E-state index in [0.717, 1.165) is 5.56 Å². The number of aliphatic carboxylic acids is 1. The standard InChI is InChI=1S/C19H15ClN2O4/c20-12-6-7-15-13(9-12)14(10-21-15)17(23)18(24)22-16(19(25)26)8-11-4-2-1-3-5-11/h1-7,9-10,16,21H,8H2,(H,22,24)(H,25,26)/t16-/m0/s1. The maximum absolute atomic E-state index is 12.5. The van der Waals surface area contributed by atoms with E-state index in [-0.39, 0.29) is 12.0 Å². The first-order valence-corrected chi connectivity index (χ1v) is 8.22. The van der Waals surface area contributed by atoms with Gasteiger partial charge in [-0.2, -0.15) is 0 Å². The quantitative estimate of drug-likeness (QED) is 0.459. The minimum absolute atomic E-state index is 0.0783. The molecule has 1 amide bonds. The summed E-state index contributed by atoms with van der Waals surface area (Å²) < 4.78 is 0. The van der Waals surface area contributed by atoms with Crippen molar-refractivity contribution in [3.05, 3.63) is 70.9 Å². The summed E-state index contributed by atoms with van der Waals surface area (Å²) in [5.41, 5.74) is 1.54. The summed E-state index contributed by atoms with van der Waals surface area (Å²) in [5.74, 6) is -3.01. The molecular formula is C19H15ClN2O4. The Balaban J connectivity index is 1.79. The third-order valence-corrected chi connectivity index (χ3v) is 4.22. The number of nitrogens with one attached hydrogen (secondary N) is 2. The molecule has 26 heavy (non-hydrogen) atoms. The summed E-state index contributed by atoms with van der Waals surface area (Å²) in [4.78, 5) is 39.1. The van der Waals surface area contributed by atoms with Crippen molar-refractivity contribution in [2.75, 3.05) is 0 Å². The maximum Gasteiger partial charge on any atom is 0.326 e. The van der Waals surface area contributed by atoms with Crippen molar-refractivity contribution in [1.82, 2.24) is 10.3 Å². The van der Waals surface area contributed by atoms with Gasteiger partial charge in [0.15, 0.2) is 0 Å². The molecule has 0 aliphatic rings. The van der Waals surface area contributed by atoms with E-state index in [1.165, 1.54) is 6.20 Å². The van der Waals surface area contributed by atoms with Crippen LogP contribution < -0.4 is 5.32 Å². The fraction of sp³-hybridized carbons (Fsp3) is 0.105. The lowest BCUT2D eigenvalue weighted by molar-refractivity contribution is -0.141. The number of rotatable bonds is 6. The summed E-state index contributed by atoms with van der Waals surface area (Å²) in [7, 11) is 0. The average molecular weight is 371 g/mol. The summed E-state index contributed by atoms with van der Waals surface area (Å²) in [5, 5.41) is 12.6. The van der Waals surface area contributed by atoms with Crippen molar-refractivity contribution in [3.8, 4) is 0 Å². The van der Waals surface area contributed by atoms with Crippen LogP contribution in [-0.4, -0.2) is 33.8 Å². The lowest BCUT2D eigenvalue weighted by Crippen LogP contribution is -2.45. The zero-order chi connectivity index (χ0) is 18.7. The number of ketones is 1. The normalized spacial score (nSPS) is 11.9. The molecule has 3 rings (SSSR count). The van der Waals surface area contributed by atoms with Gasteiger partial charge in [0.25, 0.3) is 11.7 Å². The van der Waals surface area contributed by atoms with Gasteiger partial charge in [-0.15, -0.1) is 0 Å². The molecule has 1 heterocycles. The maximum atomic E-state index is 12.5. The molecule has 132 valence electrons. The molecule has 2 aromatic carbocycles. The number of H-pyrrole nitrogens is 1. The lowest BCUT2D eigenvalue weighted by Gasteiger charge is -2.14. The second kappa shape index (κ2) is 7.41. The Bertz CT molecular complexity index is 982. The molecule has 0 radical (unpaired) electrons. The number of amides is 1. The molecule has 0 saturated carbocycles. The number of Topliss-reactive ketones (excluding diaryl/α,β-unsaturated/α-hetero) is 1. The Kier molecular flexibility index (Phi) is 5.04. The van der Waals surface area contributed by atoms with Gasteiger partial charge < -0.3 is 15.4 Å². The third-order valence-electron chi connectivity index (χ3n) is 3.98. The van der Waals surface area contributed by atoms with E-state index in [1.54, 1.807) is 42.5 Å². The Morgan fingerprint density at radius 2 is 1.85 bits per heavy atom. The second-order valence-electron chi connectivity index (χ2n) is 5.78. The molecule has 3 aromatic rings. The van der Waals surface area contributed by atoms with Crippen LogP contribution in [0.25, 0.3) is 10.9 Å². The SMILES string of the molecule is O=C(N[C@@H](Cc1ccccc1)C(=O)O)C(=O)c1c[nH]c2ccc(Cl)cc12. The van der Waals surface area contributed by atoms with Crippen molar-refractivity contribution in [2.45, 2.75) is 12.5 Å². The number of carboxylic acids is 1. The van der Waals surface area contributed by atoms with Crippen LogP contribution >= 0.6 is 11.6 Å². The van der Waals surface area contributed by atoms with Gasteiger partial charge in [-0.25, -0.2) is 4.79 Å². The lowest BCUT2D eigenvalue weighted by atomic mass is 10.0. The first-order valence-electron chi connectivity index (χ1n) is 7.84. The number of hydrogen-bond acceptors (Lipinski definition) is 3. The smallest absolute Gasteiger partial charge is 0.326 e. The fourth-order valence-corrected chi connectivity index (χ4v) is 2.85. The predicted octanol–water partition coefficient (Wildman–Crippen LogP) is 2.82. The number of halogens is 1. The largest absolute Gasteiger partial charge is 0.480 e. The van der Waals surface area contributed by atoms with E-state index in [0.29, 0.717) is 15.9 Å². The molecular weight excluding hydrogens is 356 g/mol. The monoisotopic (exact) mass is 370 g/mol. The van der Waals surface area contributed by atoms with Crippen LogP contribution in [0.3, 0.4) is 0 Å². The van der Waals surface area contributed by atoms with E-state index in [1.807, 2.05) is 6.07 Å². The molecule has 3 N–H and O–H groups in total. The minimum atomic E-state index is -1.21. The molecule has 7 heteroatoms. The number of aromatic amines is 1. The van der Waals surface area contributed by atoms with E-state index < -0.39 is 23.7 Å². The van der Waals surface area contributed by atoms with Gasteiger partial charge in [0, 0.05) is 28.5 Å². The number of benzene rings is 2. The Morgan fingerprint density at radius 1 is 1.12 bits per heavy atom. The Hall–Kier alpha value is -3.12. The van der Waals surface area contributed by atoms with Gasteiger partial charge in [0.05, 0.1) is 5.56 Å². The molecule has 6 nitrogen and oxygen atoms in total. The average Bonchev–Trinajstić information content (AvgIpc) is 3.04. The Morgan fingerprint density at radius 3 is 2.54 bits per heavy atom. The van der Waals surface area contributed by atoms with Crippen molar-refractivity contribution < 1.29 is 19.5 Å². The molecule has 0 saturated heterocycles. The zero-order valence-corrected chi connectivity index (χ0v) is 14.3. The van der Waals surface area contributed by atoms with Gasteiger partial charge in [0.1, 0.15) is 6.04 Å². The second-order valence-corrected chi connectivity index (χ2v) is 6.21. The molecule has 0 bridgehead atoms. The molecule has 0 fully saturated rings. The van der Waals surface area contributed by atoms with Crippen molar-refractivity contribution in [1.29, 1.82) is 0 Å².